The Hall–Kier alpha value is -3.12. The van der Waals surface area contributed by atoms with Crippen LogP contribution in [0.15, 0.2) is 65.5 Å². The molecule has 0 atom stereocenters. The first-order valence-electron chi connectivity index (χ1n) is 8.85. The van der Waals surface area contributed by atoms with Gasteiger partial charge in [-0.3, -0.25) is 9.59 Å². The summed E-state index contributed by atoms with van der Waals surface area (Å²) < 4.78 is 6.83. The molecule has 0 unspecified atom stereocenters. The lowest BCUT2D eigenvalue weighted by molar-refractivity contribution is 0.0493. The number of hydrogen-bond acceptors (Lipinski definition) is 4. The van der Waals surface area contributed by atoms with Crippen molar-refractivity contribution in [2.75, 3.05) is 20.2 Å². The summed E-state index contributed by atoms with van der Waals surface area (Å²) in [5.41, 5.74) is 1.80. The van der Waals surface area contributed by atoms with Crippen molar-refractivity contribution in [3.63, 3.8) is 0 Å². The highest BCUT2D eigenvalue weighted by Crippen LogP contribution is 2.31. The highest BCUT2D eigenvalue weighted by Gasteiger charge is 2.33. The van der Waals surface area contributed by atoms with Gasteiger partial charge in [-0.25, -0.2) is 4.68 Å². The number of hydrogen-bond donors (Lipinski definition) is 0. The van der Waals surface area contributed by atoms with E-state index in [1.54, 1.807) is 42.3 Å². The number of amides is 1. The summed E-state index contributed by atoms with van der Waals surface area (Å²) in [5.74, 6) is 0.542. The zero-order valence-corrected chi connectivity index (χ0v) is 16.0. The number of methoxy groups -OCH3 is 1. The van der Waals surface area contributed by atoms with Gasteiger partial charge in [-0.15, -0.1) is 0 Å². The lowest BCUT2D eigenvalue weighted by Crippen LogP contribution is -2.53. The first kappa shape index (κ1) is 18.3. The smallest absolute Gasteiger partial charge is 0.267 e. The third kappa shape index (κ3) is 3.39. The molecule has 1 aliphatic rings. The van der Waals surface area contributed by atoms with Gasteiger partial charge in [-0.2, -0.15) is 5.10 Å². The molecule has 4 rings (SSSR count). The standard InChI is InChI=1S/C21H18ClN3O3/c1-28-19-11-15(22)7-8-17(19)18-9-10-20(26)25(23-18)16-12-24(13-16)21(27)14-5-3-2-4-6-14/h2-11,16H,12-13H2,1H3. The number of benzene rings is 2. The van der Waals surface area contributed by atoms with Crippen molar-refractivity contribution in [2.24, 2.45) is 0 Å². The minimum atomic E-state index is -0.200. The molecule has 0 N–H and O–H groups in total. The molecule has 0 spiro atoms. The van der Waals surface area contributed by atoms with Crippen molar-refractivity contribution in [2.45, 2.75) is 6.04 Å². The second kappa shape index (κ2) is 7.48. The van der Waals surface area contributed by atoms with E-state index in [2.05, 4.69) is 5.10 Å². The van der Waals surface area contributed by atoms with Crippen LogP contribution in [0, 0.1) is 0 Å². The minimum Gasteiger partial charge on any atom is -0.496 e. The average Bonchev–Trinajstić information content (AvgIpc) is 2.69. The molecule has 1 saturated heterocycles. The van der Waals surface area contributed by atoms with Gasteiger partial charge in [-0.1, -0.05) is 29.8 Å². The molecule has 1 aliphatic heterocycles. The van der Waals surface area contributed by atoms with Gasteiger partial charge >= 0.3 is 0 Å². The number of nitrogens with zero attached hydrogens (tertiary/aromatic N) is 3. The van der Waals surface area contributed by atoms with Gasteiger partial charge in [0.15, 0.2) is 0 Å². The van der Waals surface area contributed by atoms with Gasteiger partial charge in [0.25, 0.3) is 11.5 Å². The van der Waals surface area contributed by atoms with Crippen LogP contribution in [0.4, 0.5) is 0 Å². The van der Waals surface area contributed by atoms with Crippen molar-refractivity contribution in [3.05, 3.63) is 81.6 Å². The van der Waals surface area contributed by atoms with Gasteiger partial charge < -0.3 is 9.64 Å². The molecule has 142 valence electrons. The van der Waals surface area contributed by atoms with E-state index in [1.807, 2.05) is 24.3 Å². The predicted octanol–water partition coefficient (Wildman–Crippen LogP) is 3.27. The summed E-state index contributed by atoms with van der Waals surface area (Å²) in [6.07, 6.45) is 0. The van der Waals surface area contributed by atoms with Crippen molar-refractivity contribution >= 4 is 17.5 Å². The van der Waals surface area contributed by atoms with E-state index in [4.69, 9.17) is 16.3 Å². The first-order valence-corrected chi connectivity index (χ1v) is 9.22. The lowest BCUT2D eigenvalue weighted by Gasteiger charge is -2.39. The van der Waals surface area contributed by atoms with Crippen LogP contribution in [0.5, 0.6) is 5.75 Å². The summed E-state index contributed by atoms with van der Waals surface area (Å²) in [6, 6.07) is 17.4. The third-order valence-electron chi connectivity index (χ3n) is 4.78. The molecule has 28 heavy (non-hydrogen) atoms. The van der Waals surface area contributed by atoms with Crippen LogP contribution in [0.3, 0.4) is 0 Å². The van der Waals surface area contributed by atoms with E-state index in [9.17, 15) is 9.59 Å². The van der Waals surface area contributed by atoms with Crippen LogP contribution in [0.2, 0.25) is 5.02 Å². The summed E-state index contributed by atoms with van der Waals surface area (Å²) in [6.45, 7) is 0.893. The third-order valence-corrected chi connectivity index (χ3v) is 5.02. The zero-order valence-electron chi connectivity index (χ0n) is 15.2. The maximum atomic E-state index is 12.5. The number of aromatic nitrogens is 2. The molecule has 2 heterocycles. The van der Waals surface area contributed by atoms with Crippen LogP contribution < -0.4 is 10.3 Å². The van der Waals surface area contributed by atoms with Gasteiger partial charge in [0, 0.05) is 35.3 Å². The lowest BCUT2D eigenvalue weighted by atomic mass is 10.1. The fraction of sp³-hybridized carbons (Fsp3) is 0.190. The molecular formula is C21H18ClN3O3. The van der Waals surface area contributed by atoms with E-state index in [0.29, 0.717) is 35.1 Å². The predicted molar refractivity (Wildman–Crippen MR) is 107 cm³/mol. The van der Waals surface area contributed by atoms with Gasteiger partial charge in [0.1, 0.15) is 5.75 Å². The molecule has 1 fully saturated rings. The maximum absolute atomic E-state index is 12.5. The van der Waals surface area contributed by atoms with Crippen molar-refractivity contribution < 1.29 is 9.53 Å². The van der Waals surface area contributed by atoms with E-state index in [0.717, 1.165) is 5.56 Å². The van der Waals surface area contributed by atoms with E-state index in [1.165, 1.54) is 10.7 Å². The molecule has 1 aromatic heterocycles. The zero-order chi connectivity index (χ0) is 19.7. The number of ether oxygens (including phenoxy) is 1. The van der Waals surface area contributed by atoms with E-state index >= 15 is 0 Å². The largest absolute Gasteiger partial charge is 0.496 e. The van der Waals surface area contributed by atoms with Crippen molar-refractivity contribution in [3.8, 4) is 17.0 Å². The van der Waals surface area contributed by atoms with Gasteiger partial charge in [0.05, 0.1) is 18.8 Å². The quantitative estimate of drug-likeness (QED) is 0.680. The first-order chi connectivity index (χ1) is 13.6. The number of halogens is 1. The Labute approximate surface area is 166 Å². The Balaban J connectivity index is 1.57. The topological polar surface area (TPSA) is 64.4 Å². The van der Waals surface area contributed by atoms with Crippen LogP contribution in [-0.2, 0) is 0 Å². The molecule has 7 heteroatoms. The molecule has 3 aromatic rings. The molecule has 0 bridgehead atoms. The molecule has 1 amide bonds. The minimum absolute atomic E-state index is 0.0413. The second-order valence-electron chi connectivity index (χ2n) is 6.58. The van der Waals surface area contributed by atoms with Crippen molar-refractivity contribution in [1.82, 2.24) is 14.7 Å². The molecule has 0 aliphatic carbocycles. The summed E-state index contributed by atoms with van der Waals surface area (Å²) >= 11 is 6.02. The van der Waals surface area contributed by atoms with Crippen molar-refractivity contribution in [1.29, 1.82) is 0 Å². The fourth-order valence-electron chi connectivity index (χ4n) is 3.25. The highest BCUT2D eigenvalue weighted by molar-refractivity contribution is 6.30. The summed E-state index contributed by atoms with van der Waals surface area (Å²) in [4.78, 5) is 26.5. The monoisotopic (exact) mass is 395 g/mol. The molecular weight excluding hydrogens is 378 g/mol. The summed E-state index contributed by atoms with van der Waals surface area (Å²) in [7, 11) is 1.56. The van der Waals surface area contributed by atoms with Crippen LogP contribution in [0.25, 0.3) is 11.3 Å². The number of carbonyl (C=O) groups is 1. The molecule has 0 radical (unpaired) electrons. The Morgan fingerprint density at radius 2 is 1.86 bits per heavy atom. The number of rotatable bonds is 4. The average molecular weight is 396 g/mol. The summed E-state index contributed by atoms with van der Waals surface area (Å²) in [5, 5.41) is 5.07. The molecule has 0 saturated carbocycles. The second-order valence-corrected chi connectivity index (χ2v) is 7.01. The van der Waals surface area contributed by atoms with Crippen LogP contribution in [-0.4, -0.2) is 40.8 Å². The Morgan fingerprint density at radius 1 is 1.11 bits per heavy atom. The Bertz CT molecular complexity index is 1080. The molecule has 6 nitrogen and oxygen atoms in total. The highest BCUT2D eigenvalue weighted by atomic mass is 35.5. The van der Waals surface area contributed by atoms with Gasteiger partial charge in [-0.05, 0) is 36.4 Å². The number of carbonyl (C=O) groups excluding carboxylic acids is 1. The maximum Gasteiger partial charge on any atom is 0.267 e. The SMILES string of the molecule is COc1cc(Cl)ccc1-c1ccc(=O)n(C2CN(C(=O)c3ccccc3)C2)n1. The number of likely N-dealkylation sites (tertiary alicyclic amines) is 1. The van der Waals surface area contributed by atoms with Crippen LogP contribution >= 0.6 is 11.6 Å². The van der Waals surface area contributed by atoms with E-state index in [-0.39, 0.29) is 17.5 Å². The van der Waals surface area contributed by atoms with Gasteiger partial charge in [0.2, 0.25) is 0 Å². The molecule has 2 aromatic carbocycles. The Kier molecular flexibility index (Phi) is 4.88. The fourth-order valence-corrected chi connectivity index (χ4v) is 3.41. The van der Waals surface area contributed by atoms with Crippen LogP contribution in [0.1, 0.15) is 16.4 Å². The normalized spacial score (nSPS) is 13.9. The van der Waals surface area contributed by atoms with E-state index < -0.39 is 0 Å². The Morgan fingerprint density at radius 3 is 2.57 bits per heavy atom.